The zero-order valence-corrected chi connectivity index (χ0v) is 13.9. The van der Waals surface area contributed by atoms with Crippen LogP contribution in [0, 0.1) is 0 Å². The molecule has 0 radical (unpaired) electrons. The summed E-state index contributed by atoms with van der Waals surface area (Å²) in [5, 5.41) is 3.97. The predicted octanol–water partition coefficient (Wildman–Crippen LogP) is 3.83. The lowest BCUT2D eigenvalue weighted by Crippen LogP contribution is -1.91. The molecule has 5 nitrogen and oxygen atoms in total. The molecule has 0 saturated carbocycles. The Morgan fingerprint density at radius 2 is 1.90 bits per heavy atom. The lowest BCUT2D eigenvalue weighted by Gasteiger charge is -1.98. The summed E-state index contributed by atoms with van der Waals surface area (Å²) in [6.07, 6.45) is 2.25. The lowest BCUT2D eigenvalue weighted by molar-refractivity contribution is 0.385. The van der Waals surface area contributed by atoms with Crippen molar-refractivity contribution >= 4 is 37.5 Å². The molecule has 0 spiro atoms. The van der Waals surface area contributed by atoms with Gasteiger partial charge < -0.3 is 10.3 Å². The molecule has 21 heavy (non-hydrogen) atoms. The normalized spacial score (nSPS) is 10.8. The van der Waals surface area contributed by atoms with Crippen LogP contribution in [-0.2, 0) is 6.42 Å². The van der Waals surface area contributed by atoms with Gasteiger partial charge in [-0.2, -0.15) is 4.98 Å². The Morgan fingerprint density at radius 1 is 1.14 bits per heavy atom. The van der Waals surface area contributed by atoms with Gasteiger partial charge in [-0.05, 0) is 55.6 Å². The number of aromatic nitrogens is 3. The van der Waals surface area contributed by atoms with Crippen LogP contribution in [0.3, 0.4) is 0 Å². The van der Waals surface area contributed by atoms with Gasteiger partial charge in [0, 0.05) is 20.8 Å². The summed E-state index contributed by atoms with van der Waals surface area (Å²) in [6.45, 7) is 0. The molecule has 3 aromatic rings. The Kier molecular flexibility index (Phi) is 4.03. The van der Waals surface area contributed by atoms with Crippen molar-refractivity contribution < 1.29 is 4.52 Å². The van der Waals surface area contributed by atoms with Crippen LogP contribution in [0.1, 0.15) is 11.5 Å². The van der Waals surface area contributed by atoms with E-state index in [-0.39, 0.29) is 0 Å². The van der Waals surface area contributed by atoms with Crippen molar-refractivity contribution in [1.29, 1.82) is 0 Å². The van der Waals surface area contributed by atoms with E-state index in [1.807, 2.05) is 30.3 Å². The molecule has 0 aliphatic carbocycles. The molecular formula is C14H10Br2N4O. The number of pyridine rings is 1. The van der Waals surface area contributed by atoms with Crippen LogP contribution in [0.5, 0.6) is 0 Å². The van der Waals surface area contributed by atoms with Gasteiger partial charge in [-0.25, -0.2) is 0 Å². The Hall–Kier alpha value is -1.73. The summed E-state index contributed by atoms with van der Waals surface area (Å²) in [5.74, 6) is 0.992. The summed E-state index contributed by atoms with van der Waals surface area (Å²) in [5.41, 5.74) is 8.09. The second kappa shape index (κ2) is 5.95. The van der Waals surface area contributed by atoms with E-state index in [2.05, 4.69) is 47.0 Å². The summed E-state index contributed by atoms with van der Waals surface area (Å²) in [4.78, 5) is 8.66. The SMILES string of the molecule is Nc1ccc(Cc2nc(-c3ncc(Br)cc3Br)no2)cc1. The van der Waals surface area contributed by atoms with Gasteiger partial charge in [-0.15, -0.1) is 0 Å². The Bertz CT molecular complexity index is 771. The fourth-order valence-corrected chi connectivity index (χ4v) is 2.98. The molecule has 2 heterocycles. The zero-order chi connectivity index (χ0) is 14.8. The molecule has 1 aromatic carbocycles. The quantitative estimate of drug-likeness (QED) is 0.665. The van der Waals surface area contributed by atoms with E-state index < -0.39 is 0 Å². The predicted molar refractivity (Wildman–Crippen MR) is 86.6 cm³/mol. The number of halogens is 2. The van der Waals surface area contributed by atoms with Gasteiger partial charge in [0.05, 0.1) is 6.42 Å². The minimum Gasteiger partial charge on any atom is -0.399 e. The lowest BCUT2D eigenvalue weighted by atomic mass is 10.1. The van der Waals surface area contributed by atoms with E-state index in [1.165, 1.54) is 0 Å². The molecule has 0 bridgehead atoms. The van der Waals surface area contributed by atoms with Crippen molar-refractivity contribution in [2.75, 3.05) is 5.73 Å². The van der Waals surface area contributed by atoms with E-state index in [0.29, 0.717) is 23.8 Å². The molecule has 0 amide bonds. The summed E-state index contributed by atoms with van der Waals surface area (Å²) < 4.78 is 6.95. The van der Waals surface area contributed by atoms with Crippen LogP contribution < -0.4 is 5.73 Å². The van der Waals surface area contributed by atoms with Crippen molar-refractivity contribution in [3.63, 3.8) is 0 Å². The van der Waals surface area contributed by atoms with Crippen molar-refractivity contribution in [2.45, 2.75) is 6.42 Å². The highest BCUT2D eigenvalue weighted by molar-refractivity contribution is 9.11. The number of nitrogens with zero attached hydrogens (tertiary/aromatic N) is 3. The monoisotopic (exact) mass is 408 g/mol. The van der Waals surface area contributed by atoms with Gasteiger partial charge >= 0.3 is 0 Å². The second-order valence-electron chi connectivity index (χ2n) is 4.41. The fraction of sp³-hybridized carbons (Fsp3) is 0.0714. The standard InChI is InChI=1S/C14H10Br2N4O/c15-9-6-11(16)13(18-7-9)14-19-12(21-20-14)5-8-1-3-10(17)4-2-8/h1-4,6-7H,5,17H2. The third-order valence-corrected chi connectivity index (χ3v) is 3.86. The van der Waals surface area contributed by atoms with Crippen LogP contribution in [0.25, 0.3) is 11.5 Å². The Labute approximate surface area is 137 Å². The Balaban J connectivity index is 1.84. The van der Waals surface area contributed by atoms with E-state index in [0.717, 1.165) is 20.2 Å². The van der Waals surface area contributed by atoms with Gasteiger partial charge in [0.2, 0.25) is 11.7 Å². The highest BCUT2D eigenvalue weighted by Gasteiger charge is 2.13. The highest BCUT2D eigenvalue weighted by atomic mass is 79.9. The summed E-state index contributed by atoms with van der Waals surface area (Å²) in [6, 6.07) is 9.46. The molecule has 0 unspecified atom stereocenters. The molecule has 0 aliphatic rings. The van der Waals surface area contributed by atoms with Gasteiger partial charge in [0.25, 0.3) is 0 Å². The summed E-state index contributed by atoms with van der Waals surface area (Å²) in [7, 11) is 0. The van der Waals surface area contributed by atoms with Crippen LogP contribution in [0.2, 0.25) is 0 Å². The molecule has 2 aromatic heterocycles. The smallest absolute Gasteiger partial charge is 0.231 e. The number of rotatable bonds is 3. The maximum Gasteiger partial charge on any atom is 0.231 e. The minimum absolute atomic E-state index is 0.458. The topological polar surface area (TPSA) is 77.8 Å². The third kappa shape index (κ3) is 3.30. The van der Waals surface area contributed by atoms with E-state index in [1.54, 1.807) is 6.20 Å². The Morgan fingerprint density at radius 3 is 2.62 bits per heavy atom. The molecule has 0 atom stereocenters. The first kappa shape index (κ1) is 14.2. The average molecular weight is 410 g/mol. The zero-order valence-electron chi connectivity index (χ0n) is 10.8. The molecule has 0 fully saturated rings. The highest BCUT2D eigenvalue weighted by Crippen LogP contribution is 2.26. The van der Waals surface area contributed by atoms with Gasteiger partial charge in [0.1, 0.15) is 5.69 Å². The van der Waals surface area contributed by atoms with E-state index in [9.17, 15) is 0 Å². The molecular weight excluding hydrogens is 400 g/mol. The van der Waals surface area contributed by atoms with Crippen LogP contribution >= 0.6 is 31.9 Å². The maximum absolute atomic E-state index is 5.66. The largest absolute Gasteiger partial charge is 0.399 e. The first-order chi connectivity index (χ1) is 10.1. The van der Waals surface area contributed by atoms with Crippen LogP contribution in [0.15, 0.2) is 50.0 Å². The number of hydrogen-bond acceptors (Lipinski definition) is 5. The number of nitrogen functional groups attached to an aromatic ring is 1. The second-order valence-corrected chi connectivity index (χ2v) is 6.18. The number of anilines is 1. The minimum atomic E-state index is 0.458. The maximum atomic E-state index is 5.66. The number of hydrogen-bond donors (Lipinski definition) is 1. The molecule has 0 saturated heterocycles. The van der Waals surface area contributed by atoms with Gasteiger partial charge in [0.15, 0.2) is 0 Å². The van der Waals surface area contributed by atoms with Crippen molar-refractivity contribution in [2.24, 2.45) is 0 Å². The fourth-order valence-electron chi connectivity index (χ4n) is 1.81. The number of nitrogens with two attached hydrogens (primary N) is 1. The first-order valence-corrected chi connectivity index (χ1v) is 7.69. The van der Waals surface area contributed by atoms with Gasteiger partial charge in [-0.1, -0.05) is 17.3 Å². The molecule has 3 rings (SSSR count). The summed E-state index contributed by atoms with van der Waals surface area (Å²) >= 11 is 6.80. The molecule has 0 aliphatic heterocycles. The average Bonchev–Trinajstić information content (AvgIpc) is 2.90. The molecule has 106 valence electrons. The molecule has 2 N–H and O–H groups in total. The van der Waals surface area contributed by atoms with Crippen LogP contribution in [0.4, 0.5) is 5.69 Å². The van der Waals surface area contributed by atoms with E-state index >= 15 is 0 Å². The van der Waals surface area contributed by atoms with Crippen LogP contribution in [-0.4, -0.2) is 15.1 Å². The third-order valence-electron chi connectivity index (χ3n) is 2.82. The van der Waals surface area contributed by atoms with Crippen molar-refractivity contribution in [1.82, 2.24) is 15.1 Å². The molecule has 7 heteroatoms. The van der Waals surface area contributed by atoms with Crippen molar-refractivity contribution in [3.8, 4) is 11.5 Å². The van der Waals surface area contributed by atoms with E-state index in [4.69, 9.17) is 10.3 Å². The van der Waals surface area contributed by atoms with Gasteiger partial charge in [-0.3, -0.25) is 4.98 Å². The first-order valence-electron chi connectivity index (χ1n) is 6.10. The number of benzene rings is 1. The van der Waals surface area contributed by atoms with Crippen molar-refractivity contribution in [3.05, 3.63) is 56.9 Å².